The fourth-order valence-electron chi connectivity index (χ4n) is 2.98. The van der Waals surface area contributed by atoms with Gasteiger partial charge in [0.15, 0.2) is 0 Å². The van der Waals surface area contributed by atoms with Gasteiger partial charge in [0.2, 0.25) is 5.91 Å². The monoisotopic (exact) mass is 389 g/mol. The van der Waals surface area contributed by atoms with Crippen LogP contribution in [0.2, 0.25) is 0 Å². The first-order valence-electron chi connectivity index (χ1n) is 8.73. The summed E-state index contributed by atoms with van der Waals surface area (Å²) in [6.45, 7) is 0.523. The highest BCUT2D eigenvalue weighted by molar-refractivity contribution is 5.97. The van der Waals surface area contributed by atoms with E-state index >= 15 is 0 Å². The number of hydrogen-bond donors (Lipinski definition) is 1. The van der Waals surface area contributed by atoms with Crippen LogP contribution in [0.3, 0.4) is 0 Å². The number of ether oxygens (including phenoxy) is 1. The Bertz CT molecular complexity index is 849. The summed E-state index contributed by atoms with van der Waals surface area (Å²) in [6, 6.07) is 9.63. The van der Waals surface area contributed by atoms with Gasteiger partial charge in [0.1, 0.15) is 5.75 Å². The van der Waals surface area contributed by atoms with Crippen LogP contribution in [0.15, 0.2) is 54.9 Å². The molecule has 2 heterocycles. The van der Waals surface area contributed by atoms with Crippen molar-refractivity contribution < 1.29 is 23.4 Å². The van der Waals surface area contributed by atoms with Crippen LogP contribution in [0.1, 0.15) is 25.8 Å². The van der Waals surface area contributed by atoms with Crippen LogP contribution >= 0.6 is 0 Å². The van der Waals surface area contributed by atoms with Crippen molar-refractivity contribution in [2.24, 2.45) is 0 Å². The molecule has 8 heteroatoms. The van der Waals surface area contributed by atoms with Crippen molar-refractivity contribution in [1.82, 2.24) is 9.99 Å². The number of rotatable bonds is 6. The van der Waals surface area contributed by atoms with E-state index in [0.717, 1.165) is 0 Å². The molecule has 28 heavy (non-hydrogen) atoms. The lowest BCUT2D eigenvalue weighted by atomic mass is 10.0. The zero-order valence-corrected chi connectivity index (χ0v) is 15.5. The Morgan fingerprint density at radius 3 is 2.54 bits per heavy atom. The maximum atomic E-state index is 12.7. The molecule has 0 aliphatic carbocycles. The number of carbonyl (C=O) groups is 1. The molecular weight excluding hydrogens is 368 g/mol. The summed E-state index contributed by atoms with van der Waals surface area (Å²) >= 11 is 0. The van der Waals surface area contributed by atoms with E-state index in [1.54, 1.807) is 61.6 Å². The third-order valence-corrected chi connectivity index (χ3v) is 4.03. The second kappa shape index (κ2) is 7.93. The zero-order chi connectivity index (χ0) is 20.3. The van der Waals surface area contributed by atoms with Gasteiger partial charge in [0, 0.05) is 12.6 Å². The normalized spacial score (nSPS) is 15.1. The van der Waals surface area contributed by atoms with Gasteiger partial charge in [-0.15, -0.1) is 0 Å². The van der Waals surface area contributed by atoms with Crippen molar-refractivity contribution >= 4 is 17.3 Å². The predicted octanol–water partition coefficient (Wildman–Crippen LogP) is 3.45. The molecule has 1 aliphatic heterocycles. The number of halogens is 2. The first kappa shape index (κ1) is 19.8. The van der Waals surface area contributed by atoms with E-state index in [1.807, 2.05) is 0 Å². The third kappa shape index (κ3) is 4.64. The Morgan fingerprint density at radius 2 is 1.96 bits per heavy atom. The minimum absolute atomic E-state index is 0.0457. The molecule has 1 aromatic carbocycles. The molecule has 0 radical (unpaired) electrons. The van der Waals surface area contributed by atoms with E-state index in [1.165, 1.54) is 17.1 Å². The minimum Gasteiger partial charge on any atom is -0.435 e. The summed E-state index contributed by atoms with van der Waals surface area (Å²) in [4.78, 5) is 16.7. The Morgan fingerprint density at radius 1 is 1.25 bits per heavy atom. The second-order valence-electron chi connectivity index (χ2n) is 6.98. The largest absolute Gasteiger partial charge is 0.435 e. The average Bonchev–Trinajstić information content (AvgIpc) is 2.62. The van der Waals surface area contributed by atoms with Crippen molar-refractivity contribution in [2.45, 2.75) is 32.5 Å². The van der Waals surface area contributed by atoms with E-state index < -0.39 is 12.2 Å². The molecular formula is C20H21F2N3O3. The Labute approximate surface area is 161 Å². The number of benzene rings is 1. The molecule has 0 unspecified atom stereocenters. The molecule has 1 aliphatic rings. The predicted molar refractivity (Wildman–Crippen MR) is 100 cm³/mol. The fraction of sp³-hybridized carbons (Fsp3) is 0.300. The van der Waals surface area contributed by atoms with Gasteiger partial charge < -0.3 is 9.84 Å². The fourth-order valence-corrected chi connectivity index (χ4v) is 2.98. The van der Waals surface area contributed by atoms with Crippen LogP contribution in [0.25, 0.3) is 5.70 Å². The Balaban J connectivity index is 1.99. The summed E-state index contributed by atoms with van der Waals surface area (Å²) < 4.78 is 29.2. The molecule has 0 saturated carbocycles. The molecule has 0 saturated heterocycles. The van der Waals surface area contributed by atoms with Crippen molar-refractivity contribution in [3.05, 3.63) is 60.4 Å². The number of carbonyl (C=O) groups excluding carboxylic acids is 1. The Hall–Kier alpha value is -3.00. The molecule has 0 atom stereocenters. The number of nitrogens with zero attached hydrogens (tertiary/aromatic N) is 3. The highest BCUT2D eigenvalue weighted by Crippen LogP contribution is 2.32. The maximum Gasteiger partial charge on any atom is 0.387 e. The van der Waals surface area contributed by atoms with Crippen LogP contribution in [0, 0.1) is 0 Å². The molecule has 2 aromatic rings. The highest BCUT2D eigenvalue weighted by atomic mass is 19.3. The number of alkyl halides is 2. The van der Waals surface area contributed by atoms with Gasteiger partial charge in [-0.05, 0) is 61.9 Å². The summed E-state index contributed by atoms with van der Waals surface area (Å²) in [5, 5.41) is 13.6. The quantitative estimate of drug-likeness (QED) is 0.820. The SMILES string of the molecule is CC(C)(O)CN1C(c2ccc(OC(F)F)cc2)=CCC(=O)N1c1cccnc1. The number of aromatic nitrogens is 1. The van der Waals surface area contributed by atoms with Gasteiger partial charge in [0.05, 0.1) is 29.7 Å². The number of amides is 1. The van der Waals surface area contributed by atoms with Crippen molar-refractivity contribution in [1.29, 1.82) is 0 Å². The van der Waals surface area contributed by atoms with Gasteiger partial charge in [0.25, 0.3) is 0 Å². The molecule has 1 aromatic heterocycles. The lowest BCUT2D eigenvalue weighted by Crippen LogP contribution is -2.52. The van der Waals surface area contributed by atoms with Gasteiger partial charge in [-0.3, -0.25) is 14.8 Å². The lowest BCUT2D eigenvalue weighted by molar-refractivity contribution is -0.121. The number of pyridine rings is 1. The standard InChI is InChI=1S/C20H21F2N3O3/c1-20(2,27)13-24-17(14-5-7-16(8-6-14)28-19(21)22)9-10-18(26)25(24)15-4-3-11-23-12-15/h3-9,11-12,19,27H,10,13H2,1-2H3. The smallest absolute Gasteiger partial charge is 0.387 e. The van der Waals surface area contributed by atoms with Crippen LogP contribution < -0.4 is 9.75 Å². The maximum absolute atomic E-state index is 12.7. The van der Waals surface area contributed by atoms with Gasteiger partial charge in [-0.25, -0.2) is 5.01 Å². The van der Waals surface area contributed by atoms with Crippen molar-refractivity contribution in [2.75, 3.05) is 11.6 Å². The van der Waals surface area contributed by atoms with E-state index in [9.17, 15) is 18.7 Å². The van der Waals surface area contributed by atoms with Crippen molar-refractivity contribution in [3.63, 3.8) is 0 Å². The van der Waals surface area contributed by atoms with Crippen molar-refractivity contribution in [3.8, 4) is 5.75 Å². The van der Waals surface area contributed by atoms with Gasteiger partial charge >= 0.3 is 6.61 Å². The van der Waals surface area contributed by atoms with E-state index in [2.05, 4.69) is 9.72 Å². The number of hydrogen-bond acceptors (Lipinski definition) is 5. The molecule has 6 nitrogen and oxygen atoms in total. The van der Waals surface area contributed by atoms with E-state index in [4.69, 9.17) is 0 Å². The van der Waals surface area contributed by atoms with Gasteiger partial charge in [-0.2, -0.15) is 8.78 Å². The summed E-state index contributed by atoms with van der Waals surface area (Å²) in [7, 11) is 0. The topological polar surface area (TPSA) is 65.9 Å². The molecule has 0 fully saturated rings. The van der Waals surface area contributed by atoms with Crippen LogP contribution in [-0.4, -0.2) is 39.8 Å². The second-order valence-corrected chi connectivity index (χ2v) is 6.98. The highest BCUT2D eigenvalue weighted by Gasteiger charge is 2.33. The molecule has 1 N–H and O–H groups in total. The van der Waals surface area contributed by atoms with Crippen LogP contribution in [-0.2, 0) is 4.79 Å². The van der Waals surface area contributed by atoms with E-state index in [0.29, 0.717) is 16.9 Å². The van der Waals surface area contributed by atoms with Crippen LogP contribution in [0.5, 0.6) is 5.75 Å². The zero-order valence-electron chi connectivity index (χ0n) is 15.5. The molecule has 1 amide bonds. The van der Waals surface area contributed by atoms with E-state index in [-0.39, 0.29) is 24.6 Å². The van der Waals surface area contributed by atoms with Gasteiger partial charge in [-0.1, -0.05) is 0 Å². The minimum atomic E-state index is -2.90. The number of aliphatic hydroxyl groups is 1. The lowest BCUT2D eigenvalue weighted by Gasteiger charge is -2.43. The number of hydrazine groups is 1. The molecule has 148 valence electrons. The number of anilines is 1. The average molecular weight is 389 g/mol. The molecule has 0 bridgehead atoms. The summed E-state index contributed by atoms with van der Waals surface area (Å²) in [5.41, 5.74) is 0.844. The summed E-state index contributed by atoms with van der Waals surface area (Å²) in [6.07, 6.45) is 5.08. The third-order valence-electron chi connectivity index (χ3n) is 4.03. The first-order valence-corrected chi connectivity index (χ1v) is 8.73. The molecule has 3 rings (SSSR count). The first-order chi connectivity index (χ1) is 13.2. The molecule has 0 spiro atoms. The summed E-state index contributed by atoms with van der Waals surface area (Å²) in [5.74, 6) is -0.122. The Kier molecular flexibility index (Phi) is 5.60. The number of β-amino-alcohol motifs (C(OH)–C–C–N with tert-alkyl or cyclic N) is 1. The van der Waals surface area contributed by atoms with Crippen LogP contribution in [0.4, 0.5) is 14.5 Å².